The maximum atomic E-state index is 12.5. The fraction of sp³-hybridized carbons (Fsp3) is 0.368. The van der Waals surface area contributed by atoms with Crippen molar-refractivity contribution in [1.82, 2.24) is 24.6 Å². The number of ketones is 1. The molecule has 2 heterocycles. The first-order chi connectivity index (χ1) is 12.5. The SMILES string of the molecule is CCc1cccc2c(C(C)=O)cn(CC(=O)NC(C)Cn3cncn3)c12. The Kier molecular flexibility index (Phi) is 5.16. The van der Waals surface area contributed by atoms with E-state index in [2.05, 4.69) is 22.3 Å². The van der Waals surface area contributed by atoms with Crippen molar-refractivity contribution < 1.29 is 9.59 Å². The number of amides is 1. The number of benzene rings is 1. The predicted molar refractivity (Wildman–Crippen MR) is 98.9 cm³/mol. The van der Waals surface area contributed by atoms with E-state index in [1.165, 1.54) is 6.33 Å². The summed E-state index contributed by atoms with van der Waals surface area (Å²) in [6.45, 7) is 6.27. The molecule has 7 nitrogen and oxygen atoms in total. The van der Waals surface area contributed by atoms with Crippen molar-refractivity contribution in [1.29, 1.82) is 0 Å². The zero-order valence-corrected chi connectivity index (χ0v) is 15.3. The van der Waals surface area contributed by atoms with Crippen LogP contribution in [0, 0.1) is 0 Å². The van der Waals surface area contributed by atoms with Crippen LogP contribution in [0.1, 0.15) is 36.7 Å². The van der Waals surface area contributed by atoms with Gasteiger partial charge in [0.15, 0.2) is 5.78 Å². The molecule has 26 heavy (non-hydrogen) atoms. The first-order valence-electron chi connectivity index (χ1n) is 8.73. The number of hydrogen-bond donors (Lipinski definition) is 1. The number of carbonyl (C=O) groups excluding carboxylic acids is 2. The van der Waals surface area contributed by atoms with E-state index in [4.69, 9.17) is 0 Å². The molecular weight excluding hydrogens is 330 g/mol. The van der Waals surface area contributed by atoms with E-state index >= 15 is 0 Å². The van der Waals surface area contributed by atoms with E-state index in [0.29, 0.717) is 12.1 Å². The molecule has 0 bridgehead atoms. The number of aromatic nitrogens is 4. The molecule has 136 valence electrons. The Morgan fingerprint density at radius 2 is 2.12 bits per heavy atom. The van der Waals surface area contributed by atoms with E-state index in [1.807, 2.05) is 29.7 Å². The number of carbonyl (C=O) groups is 2. The predicted octanol–water partition coefficient (Wildman–Crippen LogP) is 2.20. The van der Waals surface area contributed by atoms with Crippen molar-refractivity contribution in [3.8, 4) is 0 Å². The van der Waals surface area contributed by atoms with Gasteiger partial charge in [0, 0.05) is 23.2 Å². The Balaban J connectivity index is 1.81. The third-order valence-electron chi connectivity index (χ3n) is 4.39. The minimum atomic E-state index is -0.101. The summed E-state index contributed by atoms with van der Waals surface area (Å²) in [4.78, 5) is 28.4. The van der Waals surface area contributed by atoms with Crippen molar-refractivity contribution >= 4 is 22.6 Å². The molecule has 1 unspecified atom stereocenters. The fourth-order valence-electron chi connectivity index (χ4n) is 3.26. The molecule has 1 atom stereocenters. The number of rotatable bonds is 7. The molecule has 0 aliphatic carbocycles. The first-order valence-corrected chi connectivity index (χ1v) is 8.73. The lowest BCUT2D eigenvalue weighted by Crippen LogP contribution is -2.37. The minimum absolute atomic E-state index is 0.00182. The van der Waals surface area contributed by atoms with Crippen molar-refractivity contribution in [2.75, 3.05) is 0 Å². The summed E-state index contributed by atoms with van der Waals surface area (Å²) in [5.41, 5.74) is 2.73. The molecule has 0 saturated carbocycles. The van der Waals surface area contributed by atoms with Gasteiger partial charge in [-0.2, -0.15) is 5.10 Å². The van der Waals surface area contributed by atoms with E-state index in [-0.39, 0.29) is 24.3 Å². The lowest BCUT2D eigenvalue weighted by atomic mass is 10.1. The second-order valence-corrected chi connectivity index (χ2v) is 6.48. The Morgan fingerprint density at radius 1 is 1.31 bits per heavy atom. The molecule has 7 heteroatoms. The van der Waals surface area contributed by atoms with Gasteiger partial charge in [-0.3, -0.25) is 14.3 Å². The second kappa shape index (κ2) is 7.51. The summed E-state index contributed by atoms with van der Waals surface area (Å²) in [6, 6.07) is 5.85. The van der Waals surface area contributed by atoms with Crippen LogP contribution >= 0.6 is 0 Å². The van der Waals surface area contributed by atoms with Crippen LogP contribution in [-0.2, 0) is 24.3 Å². The zero-order valence-electron chi connectivity index (χ0n) is 15.3. The molecular formula is C19H23N5O2. The fourth-order valence-corrected chi connectivity index (χ4v) is 3.26. The van der Waals surface area contributed by atoms with Crippen LogP contribution in [0.3, 0.4) is 0 Å². The Labute approximate surface area is 152 Å². The van der Waals surface area contributed by atoms with Gasteiger partial charge in [-0.25, -0.2) is 4.98 Å². The molecule has 2 aromatic heterocycles. The molecule has 3 aromatic rings. The largest absolute Gasteiger partial charge is 0.350 e. The van der Waals surface area contributed by atoms with Gasteiger partial charge in [-0.15, -0.1) is 0 Å². The average Bonchev–Trinajstić information content (AvgIpc) is 3.22. The monoisotopic (exact) mass is 353 g/mol. The van der Waals surface area contributed by atoms with E-state index in [9.17, 15) is 9.59 Å². The minimum Gasteiger partial charge on any atom is -0.350 e. The molecule has 0 saturated heterocycles. The van der Waals surface area contributed by atoms with Crippen molar-refractivity contribution in [3.05, 3.63) is 48.2 Å². The van der Waals surface area contributed by atoms with Gasteiger partial charge in [-0.05, 0) is 25.8 Å². The Bertz CT molecular complexity index is 927. The molecule has 1 N–H and O–H groups in total. The number of Topliss-reactive ketones (excluding diaryl/α,β-unsaturated/α-hetero) is 1. The van der Waals surface area contributed by atoms with Gasteiger partial charge in [-0.1, -0.05) is 25.1 Å². The number of para-hydroxylation sites is 1. The van der Waals surface area contributed by atoms with E-state index in [0.717, 1.165) is 22.9 Å². The van der Waals surface area contributed by atoms with Crippen LogP contribution in [0.4, 0.5) is 0 Å². The van der Waals surface area contributed by atoms with Crippen LogP contribution in [0.5, 0.6) is 0 Å². The summed E-state index contributed by atoms with van der Waals surface area (Å²) in [7, 11) is 0. The lowest BCUT2D eigenvalue weighted by molar-refractivity contribution is -0.122. The van der Waals surface area contributed by atoms with Gasteiger partial charge in [0.2, 0.25) is 5.91 Å². The van der Waals surface area contributed by atoms with Gasteiger partial charge in [0.25, 0.3) is 0 Å². The Morgan fingerprint density at radius 3 is 2.77 bits per heavy atom. The van der Waals surface area contributed by atoms with Crippen LogP contribution in [0.25, 0.3) is 10.9 Å². The quantitative estimate of drug-likeness (QED) is 0.660. The first kappa shape index (κ1) is 17.8. The van der Waals surface area contributed by atoms with Crippen molar-refractivity contribution in [3.63, 3.8) is 0 Å². The highest BCUT2D eigenvalue weighted by Crippen LogP contribution is 2.25. The zero-order chi connectivity index (χ0) is 18.7. The third kappa shape index (κ3) is 3.66. The number of aryl methyl sites for hydroxylation is 1. The maximum Gasteiger partial charge on any atom is 0.240 e. The summed E-state index contributed by atoms with van der Waals surface area (Å²) < 4.78 is 3.56. The molecule has 0 fully saturated rings. The number of hydrogen-bond acceptors (Lipinski definition) is 4. The second-order valence-electron chi connectivity index (χ2n) is 6.48. The normalized spacial score (nSPS) is 12.3. The third-order valence-corrected chi connectivity index (χ3v) is 4.39. The van der Waals surface area contributed by atoms with Crippen LogP contribution in [-0.4, -0.2) is 37.1 Å². The highest BCUT2D eigenvalue weighted by molar-refractivity contribution is 6.07. The van der Waals surface area contributed by atoms with E-state index < -0.39 is 0 Å². The molecule has 1 aromatic carbocycles. The van der Waals surface area contributed by atoms with Crippen molar-refractivity contribution in [2.24, 2.45) is 0 Å². The number of nitrogens with zero attached hydrogens (tertiary/aromatic N) is 4. The standard InChI is InChI=1S/C19H23N5O2/c1-4-15-6-5-7-16-17(14(3)25)9-23(19(15)16)10-18(26)22-13(2)8-24-12-20-11-21-24/h5-7,9,11-13H,4,8,10H2,1-3H3,(H,22,26). The molecule has 0 aliphatic rings. The van der Waals surface area contributed by atoms with Gasteiger partial charge in [0.1, 0.15) is 19.2 Å². The average molecular weight is 353 g/mol. The molecule has 3 rings (SSSR count). The number of fused-ring (bicyclic) bond motifs is 1. The summed E-state index contributed by atoms with van der Waals surface area (Å²) >= 11 is 0. The molecule has 0 aliphatic heterocycles. The summed E-state index contributed by atoms with van der Waals surface area (Å²) in [5.74, 6) is -0.0996. The maximum absolute atomic E-state index is 12.5. The number of nitrogens with one attached hydrogen (secondary N) is 1. The summed E-state index contributed by atoms with van der Waals surface area (Å²) in [6.07, 6.45) is 5.71. The van der Waals surface area contributed by atoms with Crippen LogP contribution in [0.2, 0.25) is 0 Å². The molecule has 1 amide bonds. The molecule has 0 radical (unpaired) electrons. The Hall–Kier alpha value is -2.96. The molecule has 0 spiro atoms. The van der Waals surface area contributed by atoms with Crippen LogP contribution in [0.15, 0.2) is 37.1 Å². The van der Waals surface area contributed by atoms with E-state index in [1.54, 1.807) is 24.1 Å². The van der Waals surface area contributed by atoms with Gasteiger partial charge < -0.3 is 9.88 Å². The highest BCUT2D eigenvalue weighted by Gasteiger charge is 2.17. The van der Waals surface area contributed by atoms with Crippen molar-refractivity contribution in [2.45, 2.75) is 46.3 Å². The van der Waals surface area contributed by atoms with Gasteiger partial charge >= 0.3 is 0 Å². The highest BCUT2D eigenvalue weighted by atomic mass is 16.2. The summed E-state index contributed by atoms with van der Waals surface area (Å²) in [5, 5.41) is 7.92. The van der Waals surface area contributed by atoms with Gasteiger partial charge in [0.05, 0.1) is 12.1 Å². The lowest BCUT2D eigenvalue weighted by Gasteiger charge is -2.15. The smallest absolute Gasteiger partial charge is 0.240 e. The van der Waals surface area contributed by atoms with Crippen LogP contribution < -0.4 is 5.32 Å². The topological polar surface area (TPSA) is 81.8 Å².